The SMILES string of the molecule is Cc1cccc(OCC2NCCC2C(=O)O)c1C. The van der Waals surface area contributed by atoms with E-state index >= 15 is 0 Å². The van der Waals surface area contributed by atoms with E-state index < -0.39 is 5.97 Å². The maximum absolute atomic E-state index is 11.0. The Morgan fingerprint density at radius 2 is 2.28 bits per heavy atom. The zero-order valence-corrected chi connectivity index (χ0v) is 10.8. The third kappa shape index (κ3) is 2.64. The van der Waals surface area contributed by atoms with Gasteiger partial charge in [-0.2, -0.15) is 0 Å². The Balaban J connectivity index is 1.99. The number of aryl methyl sites for hydroxylation is 1. The average molecular weight is 249 g/mol. The lowest BCUT2D eigenvalue weighted by Crippen LogP contribution is -2.36. The molecule has 1 fully saturated rings. The molecule has 2 rings (SSSR count). The Morgan fingerprint density at radius 3 is 3.00 bits per heavy atom. The molecule has 1 aromatic rings. The topological polar surface area (TPSA) is 58.6 Å². The van der Waals surface area contributed by atoms with Gasteiger partial charge in [-0.1, -0.05) is 12.1 Å². The first-order chi connectivity index (χ1) is 8.59. The summed E-state index contributed by atoms with van der Waals surface area (Å²) in [6.07, 6.45) is 0.677. The molecule has 1 saturated heterocycles. The Hall–Kier alpha value is -1.55. The summed E-state index contributed by atoms with van der Waals surface area (Å²) in [5.41, 5.74) is 2.30. The lowest BCUT2D eigenvalue weighted by atomic mass is 10.0. The molecule has 0 saturated carbocycles. The van der Waals surface area contributed by atoms with Gasteiger partial charge in [-0.25, -0.2) is 0 Å². The number of ether oxygens (including phenoxy) is 1. The van der Waals surface area contributed by atoms with Crippen molar-refractivity contribution in [1.29, 1.82) is 0 Å². The van der Waals surface area contributed by atoms with Crippen LogP contribution in [0.4, 0.5) is 0 Å². The summed E-state index contributed by atoms with van der Waals surface area (Å²) < 4.78 is 5.76. The first kappa shape index (κ1) is 12.9. The molecule has 0 amide bonds. The molecule has 1 heterocycles. The third-order valence-corrected chi connectivity index (χ3v) is 3.64. The number of carboxylic acid groups (broad SMARTS) is 1. The van der Waals surface area contributed by atoms with Crippen molar-refractivity contribution in [2.24, 2.45) is 5.92 Å². The molecule has 18 heavy (non-hydrogen) atoms. The molecule has 1 aliphatic rings. The average Bonchev–Trinajstić information content (AvgIpc) is 2.79. The highest BCUT2D eigenvalue weighted by Crippen LogP contribution is 2.22. The van der Waals surface area contributed by atoms with Crippen LogP contribution in [0.25, 0.3) is 0 Å². The molecule has 2 N–H and O–H groups in total. The van der Waals surface area contributed by atoms with E-state index in [0.29, 0.717) is 13.0 Å². The van der Waals surface area contributed by atoms with Gasteiger partial charge in [0.1, 0.15) is 12.4 Å². The zero-order chi connectivity index (χ0) is 13.1. The van der Waals surface area contributed by atoms with Gasteiger partial charge in [0, 0.05) is 0 Å². The van der Waals surface area contributed by atoms with Crippen molar-refractivity contribution in [2.45, 2.75) is 26.3 Å². The van der Waals surface area contributed by atoms with Crippen molar-refractivity contribution < 1.29 is 14.6 Å². The van der Waals surface area contributed by atoms with Gasteiger partial charge in [0.2, 0.25) is 0 Å². The van der Waals surface area contributed by atoms with E-state index in [1.807, 2.05) is 32.0 Å². The highest BCUT2D eigenvalue weighted by Gasteiger charge is 2.33. The van der Waals surface area contributed by atoms with Crippen LogP contribution in [0.3, 0.4) is 0 Å². The molecule has 0 radical (unpaired) electrons. The van der Waals surface area contributed by atoms with Gasteiger partial charge in [0.15, 0.2) is 0 Å². The van der Waals surface area contributed by atoms with E-state index in [2.05, 4.69) is 5.32 Å². The quantitative estimate of drug-likeness (QED) is 0.853. The second-order valence-electron chi connectivity index (χ2n) is 4.80. The van der Waals surface area contributed by atoms with Gasteiger partial charge in [0.25, 0.3) is 0 Å². The molecular formula is C14H19NO3. The van der Waals surface area contributed by atoms with E-state index in [1.165, 1.54) is 5.56 Å². The number of rotatable bonds is 4. The van der Waals surface area contributed by atoms with E-state index in [1.54, 1.807) is 0 Å². The predicted molar refractivity (Wildman–Crippen MR) is 68.9 cm³/mol. The van der Waals surface area contributed by atoms with Crippen LogP contribution in [0, 0.1) is 19.8 Å². The van der Waals surface area contributed by atoms with Crippen LogP contribution >= 0.6 is 0 Å². The molecule has 1 aromatic carbocycles. The van der Waals surface area contributed by atoms with Gasteiger partial charge in [0.05, 0.1) is 12.0 Å². The standard InChI is InChI=1S/C14H19NO3/c1-9-4-3-5-13(10(9)2)18-8-12-11(14(16)17)6-7-15-12/h3-5,11-12,15H,6-8H2,1-2H3,(H,16,17). The van der Waals surface area contributed by atoms with Crippen molar-refractivity contribution in [3.63, 3.8) is 0 Å². The van der Waals surface area contributed by atoms with Crippen molar-refractivity contribution in [1.82, 2.24) is 5.32 Å². The molecule has 0 aliphatic carbocycles. The maximum Gasteiger partial charge on any atom is 0.308 e. The van der Waals surface area contributed by atoms with Crippen LogP contribution in [-0.2, 0) is 4.79 Å². The van der Waals surface area contributed by atoms with Crippen LogP contribution < -0.4 is 10.1 Å². The number of carboxylic acids is 1. The fraction of sp³-hybridized carbons (Fsp3) is 0.500. The van der Waals surface area contributed by atoms with Gasteiger partial charge in [-0.15, -0.1) is 0 Å². The number of benzene rings is 1. The van der Waals surface area contributed by atoms with Crippen molar-refractivity contribution in [2.75, 3.05) is 13.2 Å². The molecule has 1 aliphatic heterocycles. The minimum absolute atomic E-state index is 0.0950. The minimum Gasteiger partial charge on any atom is -0.492 e. The van der Waals surface area contributed by atoms with Crippen molar-refractivity contribution in [3.05, 3.63) is 29.3 Å². The molecular weight excluding hydrogens is 230 g/mol. The molecule has 0 aromatic heterocycles. The van der Waals surface area contributed by atoms with E-state index in [4.69, 9.17) is 9.84 Å². The lowest BCUT2D eigenvalue weighted by molar-refractivity contribution is -0.142. The smallest absolute Gasteiger partial charge is 0.308 e. The predicted octanol–water partition coefficient (Wildman–Crippen LogP) is 1.74. The van der Waals surface area contributed by atoms with Crippen molar-refractivity contribution in [3.8, 4) is 5.75 Å². The van der Waals surface area contributed by atoms with Crippen LogP contribution in [0.2, 0.25) is 0 Å². The molecule has 2 atom stereocenters. The molecule has 4 heteroatoms. The number of nitrogens with one attached hydrogen (secondary N) is 1. The van der Waals surface area contributed by atoms with Crippen LogP contribution in [-0.4, -0.2) is 30.3 Å². The van der Waals surface area contributed by atoms with E-state index in [9.17, 15) is 4.79 Å². The lowest BCUT2D eigenvalue weighted by Gasteiger charge is -2.18. The third-order valence-electron chi connectivity index (χ3n) is 3.64. The van der Waals surface area contributed by atoms with Gasteiger partial charge >= 0.3 is 5.97 Å². The number of hydrogen-bond donors (Lipinski definition) is 2. The largest absolute Gasteiger partial charge is 0.492 e. The molecule has 0 spiro atoms. The Bertz CT molecular complexity index is 445. The summed E-state index contributed by atoms with van der Waals surface area (Å²) >= 11 is 0. The highest BCUT2D eigenvalue weighted by atomic mass is 16.5. The Labute approximate surface area is 107 Å². The summed E-state index contributed by atoms with van der Waals surface area (Å²) in [5, 5.41) is 12.3. The second kappa shape index (κ2) is 5.40. The van der Waals surface area contributed by atoms with Gasteiger partial charge in [-0.3, -0.25) is 4.79 Å². The summed E-state index contributed by atoms with van der Waals surface area (Å²) in [6, 6.07) is 5.82. The fourth-order valence-corrected chi connectivity index (χ4v) is 2.30. The number of hydrogen-bond acceptors (Lipinski definition) is 3. The maximum atomic E-state index is 11.0. The van der Waals surface area contributed by atoms with Gasteiger partial charge in [-0.05, 0) is 44.0 Å². The second-order valence-corrected chi connectivity index (χ2v) is 4.80. The Morgan fingerprint density at radius 1 is 1.50 bits per heavy atom. The zero-order valence-electron chi connectivity index (χ0n) is 10.8. The van der Waals surface area contributed by atoms with Gasteiger partial charge < -0.3 is 15.2 Å². The summed E-state index contributed by atoms with van der Waals surface area (Å²) in [4.78, 5) is 11.0. The Kier molecular flexibility index (Phi) is 3.87. The molecule has 4 nitrogen and oxygen atoms in total. The summed E-state index contributed by atoms with van der Waals surface area (Å²) in [5.74, 6) is -0.238. The molecule has 0 bridgehead atoms. The first-order valence-corrected chi connectivity index (χ1v) is 6.25. The summed E-state index contributed by atoms with van der Waals surface area (Å²) in [6.45, 7) is 5.20. The normalized spacial score (nSPS) is 23.0. The van der Waals surface area contributed by atoms with Crippen molar-refractivity contribution >= 4 is 5.97 Å². The summed E-state index contributed by atoms with van der Waals surface area (Å²) in [7, 11) is 0. The first-order valence-electron chi connectivity index (χ1n) is 6.25. The minimum atomic E-state index is -0.741. The molecule has 98 valence electrons. The highest BCUT2D eigenvalue weighted by molar-refractivity contribution is 5.71. The number of carbonyl (C=O) groups is 1. The van der Waals surface area contributed by atoms with Crippen LogP contribution in [0.15, 0.2) is 18.2 Å². The molecule has 2 unspecified atom stereocenters. The van der Waals surface area contributed by atoms with E-state index in [0.717, 1.165) is 17.9 Å². The van der Waals surface area contributed by atoms with Crippen LogP contribution in [0.1, 0.15) is 17.5 Å². The number of aliphatic carboxylic acids is 1. The monoisotopic (exact) mass is 249 g/mol. The van der Waals surface area contributed by atoms with Crippen LogP contribution in [0.5, 0.6) is 5.75 Å². The fourth-order valence-electron chi connectivity index (χ4n) is 2.30. The van der Waals surface area contributed by atoms with E-state index in [-0.39, 0.29) is 12.0 Å².